The van der Waals surface area contributed by atoms with Crippen LogP contribution in [0.3, 0.4) is 0 Å². The molecule has 0 atom stereocenters. The molecule has 0 aliphatic heterocycles. The summed E-state index contributed by atoms with van der Waals surface area (Å²) in [6, 6.07) is 7.23. The smallest absolute Gasteiger partial charge is 0.272 e. The Labute approximate surface area is 149 Å². The maximum absolute atomic E-state index is 12.6. The molecule has 1 aromatic carbocycles. The van der Waals surface area contributed by atoms with Gasteiger partial charge in [-0.1, -0.05) is 26.0 Å². The van der Waals surface area contributed by atoms with E-state index in [0.29, 0.717) is 18.8 Å². The number of aromatic nitrogens is 1. The highest BCUT2D eigenvalue weighted by Gasteiger charge is 2.25. The first-order chi connectivity index (χ1) is 11.7. The molecule has 0 saturated carbocycles. The molecule has 0 spiro atoms. The number of nitrogens with one attached hydrogen (secondary N) is 1. The van der Waals surface area contributed by atoms with E-state index in [0.717, 1.165) is 16.8 Å². The number of amides is 1. The second kappa shape index (κ2) is 7.41. The van der Waals surface area contributed by atoms with Gasteiger partial charge in [0.05, 0.1) is 0 Å². The highest BCUT2D eigenvalue weighted by atomic mass is 32.2. The molecule has 136 valence electrons. The summed E-state index contributed by atoms with van der Waals surface area (Å²) >= 11 is 0. The number of carbonyl (C=O) groups excluding carboxylic acids is 1. The average Bonchev–Trinajstić information content (AvgIpc) is 2.94. The molecule has 2 aromatic rings. The third-order valence-corrected chi connectivity index (χ3v) is 6.21. The highest BCUT2D eigenvalue weighted by molar-refractivity contribution is 7.89. The number of sulfonamides is 1. The van der Waals surface area contributed by atoms with Crippen molar-refractivity contribution in [1.82, 2.24) is 8.87 Å². The molecule has 1 aromatic heterocycles. The van der Waals surface area contributed by atoms with E-state index in [-0.39, 0.29) is 10.8 Å². The van der Waals surface area contributed by atoms with Crippen LogP contribution in [0.4, 0.5) is 5.69 Å². The molecule has 0 aliphatic rings. The molecule has 0 radical (unpaired) electrons. The number of carbonyl (C=O) groups is 1. The number of hydrogen-bond acceptors (Lipinski definition) is 3. The third kappa shape index (κ3) is 3.93. The van der Waals surface area contributed by atoms with E-state index in [9.17, 15) is 13.2 Å². The van der Waals surface area contributed by atoms with Gasteiger partial charge in [-0.3, -0.25) is 4.79 Å². The van der Waals surface area contributed by atoms with Crippen LogP contribution in [0.2, 0.25) is 0 Å². The van der Waals surface area contributed by atoms with Gasteiger partial charge in [0.25, 0.3) is 5.91 Å². The van der Waals surface area contributed by atoms with Crippen molar-refractivity contribution in [2.75, 3.05) is 18.4 Å². The summed E-state index contributed by atoms with van der Waals surface area (Å²) in [4.78, 5) is 12.7. The van der Waals surface area contributed by atoms with Crippen LogP contribution in [0.5, 0.6) is 0 Å². The van der Waals surface area contributed by atoms with Crippen molar-refractivity contribution in [1.29, 1.82) is 0 Å². The summed E-state index contributed by atoms with van der Waals surface area (Å²) in [5, 5.41) is 2.86. The van der Waals surface area contributed by atoms with Gasteiger partial charge in [-0.05, 0) is 37.1 Å². The Hall–Kier alpha value is -2.12. The molecule has 6 nitrogen and oxygen atoms in total. The number of benzene rings is 1. The summed E-state index contributed by atoms with van der Waals surface area (Å²) in [6.45, 7) is 8.22. The molecule has 2 rings (SSSR count). The molecule has 0 unspecified atom stereocenters. The van der Waals surface area contributed by atoms with Gasteiger partial charge in [0.1, 0.15) is 10.6 Å². The zero-order valence-corrected chi connectivity index (χ0v) is 16.1. The Kier molecular flexibility index (Phi) is 5.69. The van der Waals surface area contributed by atoms with Crippen molar-refractivity contribution in [3.8, 4) is 0 Å². The second-order valence-electron chi connectivity index (χ2n) is 6.03. The molecular formula is C18H25N3O3S. The number of rotatable bonds is 6. The molecule has 0 aliphatic carbocycles. The quantitative estimate of drug-likeness (QED) is 0.858. The normalized spacial score (nSPS) is 11.8. The fraction of sp³-hybridized carbons (Fsp3) is 0.389. The maximum Gasteiger partial charge on any atom is 0.272 e. The van der Waals surface area contributed by atoms with Crippen LogP contribution < -0.4 is 5.32 Å². The Morgan fingerprint density at radius 2 is 1.80 bits per heavy atom. The first-order valence-electron chi connectivity index (χ1n) is 8.25. The van der Waals surface area contributed by atoms with Crippen molar-refractivity contribution >= 4 is 21.6 Å². The molecule has 0 saturated heterocycles. The van der Waals surface area contributed by atoms with Crippen LogP contribution in [0, 0.1) is 13.8 Å². The Morgan fingerprint density at radius 1 is 1.16 bits per heavy atom. The van der Waals surface area contributed by atoms with Crippen LogP contribution in [-0.2, 0) is 17.1 Å². The van der Waals surface area contributed by atoms with Gasteiger partial charge < -0.3 is 9.88 Å². The standard InChI is InChI=1S/C18H25N3O3S/c1-6-21(7-2)25(23,24)15-11-17(20(5)12-15)18(22)19-16-10-13(3)8-9-14(16)4/h8-12H,6-7H2,1-5H3,(H,19,22). The summed E-state index contributed by atoms with van der Waals surface area (Å²) in [5.74, 6) is -0.336. The van der Waals surface area contributed by atoms with E-state index in [1.807, 2.05) is 32.0 Å². The number of anilines is 1. The SMILES string of the molecule is CCN(CC)S(=O)(=O)c1cc(C(=O)Nc2cc(C)ccc2C)n(C)c1. The van der Waals surface area contributed by atoms with Gasteiger partial charge in [-0.25, -0.2) is 8.42 Å². The van der Waals surface area contributed by atoms with Crippen LogP contribution >= 0.6 is 0 Å². The number of nitrogens with zero attached hydrogens (tertiary/aromatic N) is 2. The summed E-state index contributed by atoms with van der Waals surface area (Å²) in [6.07, 6.45) is 1.48. The van der Waals surface area contributed by atoms with Crippen LogP contribution in [-0.4, -0.2) is 36.3 Å². The zero-order valence-electron chi connectivity index (χ0n) is 15.3. The van der Waals surface area contributed by atoms with Gasteiger partial charge >= 0.3 is 0 Å². The fourth-order valence-electron chi connectivity index (χ4n) is 2.67. The minimum Gasteiger partial charge on any atom is -0.345 e. The predicted octanol–water partition coefficient (Wildman–Crippen LogP) is 2.92. The minimum atomic E-state index is -3.59. The average molecular weight is 363 g/mol. The number of hydrogen-bond donors (Lipinski definition) is 1. The molecule has 25 heavy (non-hydrogen) atoms. The minimum absolute atomic E-state index is 0.129. The van der Waals surface area contributed by atoms with Crippen molar-refractivity contribution in [2.24, 2.45) is 7.05 Å². The topological polar surface area (TPSA) is 71.4 Å². The van der Waals surface area contributed by atoms with Gasteiger partial charge in [0, 0.05) is 32.0 Å². The molecule has 1 amide bonds. The lowest BCUT2D eigenvalue weighted by atomic mass is 10.1. The van der Waals surface area contributed by atoms with E-state index in [2.05, 4.69) is 5.32 Å². The predicted molar refractivity (Wildman–Crippen MR) is 99.4 cm³/mol. The Bertz CT molecular complexity index is 881. The molecule has 0 fully saturated rings. The van der Waals surface area contributed by atoms with E-state index in [1.54, 1.807) is 20.9 Å². The Balaban J connectivity index is 2.34. The molecule has 1 N–H and O–H groups in total. The van der Waals surface area contributed by atoms with E-state index in [1.165, 1.54) is 21.1 Å². The molecular weight excluding hydrogens is 338 g/mol. The maximum atomic E-state index is 12.6. The lowest BCUT2D eigenvalue weighted by molar-refractivity contribution is 0.101. The van der Waals surface area contributed by atoms with Crippen LogP contribution in [0.25, 0.3) is 0 Å². The lowest BCUT2D eigenvalue weighted by Gasteiger charge is -2.17. The van der Waals surface area contributed by atoms with Gasteiger partial charge in [-0.2, -0.15) is 4.31 Å². The van der Waals surface area contributed by atoms with E-state index >= 15 is 0 Å². The summed E-state index contributed by atoms with van der Waals surface area (Å²) in [7, 11) is -1.93. The highest BCUT2D eigenvalue weighted by Crippen LogP contribution is 2.21. The second-order valence-corrected chi connectivity index (χ2v) is 7.97. The Morgan fingerprint density at radius 3 is 2.40 bits per heavy atom. The van der Waals surface area contributed by atoms with Gasteiger partial charge in [-0.15, -0.1) is 0 Å². The van der Waals surface area contributed by atoms with Gasteiger partial charge in [0.15, 0.2) is 0 Å². The summed E-state index contributed by atoms with van der Waals surface area (Å²) < 4.78 is 28.1. The number of aryl methyl sites for hydroxylation is 3. The monoisotopic (exact) mass is 363 g/mol. The van der Waals surface area contributed by atoms with E-state index in [4.69, 9.17) is 0 Å². The van der Waals surface area contributed by atoms with Crippen molar-refractivity contribution in [3.63, 3.8) is 0 Å². The summed E-state index contributed by atoms with van der Waals surface area (Å²) in [5.41, 5.74) is 3.01. The van der Waals surface area contributed by atoms with Crippen molar-refractivity contribution < 1.29 is 13.2 Å². The molecule has 1 heterocycles. The van der Waals surface area contributed by atoms with Crippen LogP contribution in [0.15, 0.2) is 35.4 Å². The first kappa shape index (κ1) is 19.2. The lowest BCUT2D eigenvalue weighted by Crippen LogP contribution is -2.30. The molecule has 7 heteroatoms. The zero-order chi connectivity index (χ0) is 18.8. The first-order valence-corrected chi connectivity index (χ1v) is 9.69. The largest absolute Gasteiger partial charge is 0.345 e. The fourth-order valence-corrected chi connectivity index (χ4v) is 4.20. The van der Waals surface area contributed by atoms with E-state index < -0.39 is 10.0 Å². The van der Waals surface area contributed by atoms with Gasteiger partial charge in [0.2, 0.25) is 10.0 Å². The van der Waals surface area contributed by atoms with Crippen molar-refractivity contribution in [3.05, 3.63) is 47.3 Å². The van der Waals surface area contributed by atoms with Crippen molar-refractivity contribution in [2.45, 2.75) is 32.6 Å². The molecule has 0 bridgehead atoms. The van der Waals surface area contributed by atoms with Crippen LogP contribution in [0.1, 0.15) is 35.5 Å². The third-order valence-electron chi connectivity index (χ3n) is 4.20.